The van der Waals surface area contributed by atoms with Crippen LogP contribution in [0.15, 0.2) is 47.4 Å². The Morgan fingerprint density at radius 1 is 1.09 bits per heavy atom. The van der Waals surface area contributed by atoms with E-state index < -0.39 is 16.6 Å². The standard InChI is InChI=1S/C21H20ClF2N3O3S2/c22-14-1-6-17-18(11-14)31-20(25-17)26-12-21(13-26)7-9-27(10-8-21)32(28,29)16-4-2-15(3-5-16)30-19(23)24/h1-6,11,19H,7-10,12-13H2. The molecule has 0 N–H and O–H groups in total. The molecule has 6 nitrogen and oxygen atoms in total. The summed E-state index contributed by atoms with van der Waals surface area (Å²) in [4.78, 5) is 7.02. The van der Waals surface area contributed by atoms with Crippen molar-refractivity contribution in [1.82, 2.24) is 9.29 Å². The van der Waals surface area contributed by atoms with Crippen LogP contribution in [0.1, 0.15) is 12.8 Å². The Bertz CT molecular complexity index is 1230. The maximum absolute atomic E-state index is 13.0. The number of aromatic nitrogens is 1. The average Bonchev–Trinajstić information content (AvgIpc) is 3.15. The number of benzene rings is 2. The second-order valence-corrected chi connectivity index (χ2v) is 11.6. The van der Waals surface area contributed by atoms with Crippen LogP contribution in [0.3, 0.4) is 0 Å². The zero-order valence-electron chi connectivity index (χ0n) is 16.9. The number of hydrogen-bond acceptors (Lipinski definition) is 6. The first-order valence-electron chi connectivity index (χ1n) is 10.1. The Hall–Kier alpha value is -2.01. The molecule has 11 heteroatoms. The summed E-state index contributed by atoms with van der Waals surface area (Å²) in [6.45, 7) is -0.373. The number of alkyl halides is 2. The summed E-state index contributed by atoms with van der Waals surface area (Å²) < 4.78 is 57.3. The predicted octanol–water partition coefficient (Wildman–Crippen LogP) is 4.84. The quantitative estimate of drug-likeness (QED) is 0.502. The van der Waals surface area contributed by atoms with Crippen molar-refractivity contribution in [2.24, 2.45) is 5.41 Å². The van der Waals surface area contributed by atoms with E-state index in [1.165, 1.54) is 28.6 Å². The van der Waals surface area contributed by atoms with Crippen molar-refractivity contribution in [1.29, 1.82) is 0 Å². The summed E-state index contributed by atoms with van der Waals surface area (Å²) >= 11 is 7.69. The van der Waals surface area contributed by atoms with Crippen LogP contribution in [-0.2, 0) is 10.0 Å². The number of halogens is 3. The molecule has 0 radical (unpaired) electrons. The fourth-order valence-electron chi connectivity index (χ4n) is 4.38. The average molecular weight is 500 g/mol. The molecule has 1 aromatic heterocycles. The highest BCUT2D eigenvalue weighted by Gasteiger charge is 2.47. The molecule has 3 aromatic rings. The minimum absolute atomic E-state index is 0.0665. The first-order chi connectivity index (χ1) is 15.2. The van der Waals surface area contributed by atoms with E-state index in [4.69, 9.17) is 16.6 Å². The van der Waals surface area contributed by atoms with Crippen LogP contribution < -0.4 is 9.64 Å². The topological polar surface area (TPSA) is 62.7 Å². The Morgan fingerprint density at radius 3 is 2.44 bits per heavy atom. The lowest BCUT2D eigenvalue weighted by Crippen LogP contribution is -2.60. The zero-order chi connectivity index (χ0) is 22.5. The molecule has 32 heavy (non-hydrogen) atoms. The third-order valence-corrected chi connectivity index (χ3v) is 9.36. The Kier molecular flexibility index (Phi) is 5.51. The van der Waals surface area contributed by atoms with Gasteiger partial charge in [-0.2, -0.15) is 13.1 Å². The summed E-state index contributed by atoms with van der Waals surface area (Å²) in [5.74, 6) is -0.0665. The molecule has 0 atom stereocenters. The van der Waals surface area contributed by atoms with Crippen molar-refractivity contribution in [3.63, 3.8) is 0 Å². The van der Waals surface area contributed by atoms with Gasteiger partial charge in [-0.3, -0.25) is 0 Å². The highest BCUT2D eigenvalue weighted by atomic mass is 35.5. The van der Waals surface area contributed by atoms with Gasteiger partial charge in [-0.15, -0.1) is 0 Å². The zero-order valence-corrected chi connectivity index (χ0v) is 19.3. The number of ether oxygens (including phenoxy) is 1. The summed E-state index contributed by atoms with van der Waals surface area (Å²) in [5, 5.41) is 1.66. The predicted molar refractivity (Wildman–Crippen MR) is 120 cm³/mol. The van der Waals surface area contributed by atoms with E-state index in [1.54, 1.807) is 11.3 Å². The molecule has 2 saturated heterocycles. The summed E-state index contributed by atoms with van der Waals surface area (Å²) in [6.07, 6.45) is 1.54. The summed E-state index contributed by atoms with van der Waals surface area (Å²) in [5.41, 5.74) is 1.03. The van der Waals surface area contributed by atoms with Gasteiger partial charge in [0.2, 0.25) is 10.0 Å². The van der Waals surface area contributed by atoms with Crippen LogP contribution in [0.5, 0.6) is 5.75 Å². The van der Waals surface area contributed by atoms with Crippen molar-refractivity contribution in [3.05, 3.63) is 47.5 Å². The van der Waals surface area contributed by atoms with E-state index in [1.807, 2.05) is 18.2 Å². The number of hydrogen-bond donors (Lipinski definition) is 0. The van der Waals surface area contributed by atoms with E-state index >= 15 is 0 Å². The second-order valence-electron chi connectivity index (χ2n) is 8.22. The lowest BCUT2D eigenvalue weighted by molar-refractivity contribution is -0.0498. The number of rotatable bonds is 5. The minimum atomic E-state index is -3.67. The van der Waals surface area contributed by atoms with Crippen LogP contribution >= 0.6 is 22.9 Å². The lowest BCUT2D eigenvalue weighted by Gasteiger charge is -2.53. The number of piperidine rings is 1. The molecule has 1 spiro atoms. The molecule has 0 aliphatic carbocycles. The molecule has 2 aliphatic rings. The largest absolute Gasteiger partial charge is 0.435 e. The van der Waals surface area contributed by atoms with Gasteiger partial charge in [0.1, 0.15) is 5.75 Å². The van der Waals surface area contributed by atoms with Crippen molar-refractivity contribution in [2.75, 3.05) is 31.1 Å². The number of sulfonamides is 1. The molecule has 170 valence electrons. The van der Waals surface area contributed by atoms with Crippen LogP contribution in [-0.4, -0.2) is 50.5 Å². The minimum Gasteiger partial charge on any atom is -0.435 e. The molecule has 2 fully saturated rings. The maximum atomic E-state index is 13.0. The molecule has 3 heterocycles. The van der Waals surface area contributed by atoms with E-state index in [0.29, 0.717) is 18.1 Å². The highest BCUT2D eigenvalue weighted by molar-refractivity contribution is 7.89. The van der Waals surface area contributed by atoms with E-state index in [2.05, 4.69) is 9.64 Å². The van der Waals surface area contributed by atoms with Crippen LogP contribution in [0.25, 0.3) is 10.2 Å². The van der Waals surface area contributed by atoms with Gasteiger partial charge < -0.3 is 9.64 Å². The van der Waals surface area contributed by atoms with Crippen LogP contribution in [0.4, 0.5) is 13.9 Å². The first kappa shape index (κ1) is 21.8. The van der Waals surface area contributed by atoms with Crippen molar-refractivity contribution in [3.8, 4) is 5.75 Å². The van der Waals surface area contributed by atoms with Gasteiger partial charge >= 0.3 is 6.61 Å². The number of anilines is 1. The lowest BCUT2D eigenvalue weighted by atomic mass is 9.73. The van der Waals surface area contributed by atoms with Gasteiger partial charge in [-0.25, -0.2) is 13.4 Å². The molecule has 0 saturated carbocycles. The highest BCUT2D eigenvalue weighted by Crippen LogP contribution is 2.45. The molecule has 2 aromatic carbocycles. The smallest absolute Gasteiger partial charge is 0.387 e. The van der Waals surface area contributed by atoms with Crippen LogP contribution in [0.2, 0.25) is 5.02 Å². The molecule has 2 aliphatic heterocycles. The van der Waals surface area contributed by atoms with Gasteiger partial charge in [-0.1, -0.05) is 22.9 Å². The summed E-state index contributed by atoms with van der Waals surface area (Å²) in [7, 11) is -3.67. The van der Waals surface area contributed by atoms with Gasteiger partial charge in [0.25, 0.3) is 0 Å². The van der Waals surface area contributed by atoms with Crippen molar-refractivity contribution < 1.29 is 21.9 Å². The maximum Gasteiger partial charge on any atom is 0.387 e. The van der Waals surface area contributed by atoms with Gasteiger partial charge in [0, 0.05) is 36.6 Å². The monoisotopic (exact) mass is 499 g/mol. The molecule has 0 amide bonds. The number of fused-ring (bicyclic) bond motifs is 1. The molecule has 5 rings (SSSR count). The Balaban J connectivity index is 1.21. The molecule has 0 bridgehead atoms. The number of thiazole rings is 1. The third-order valence-electron chi connectivity index (χ3n) is 6.13. The fraction of sp³-hybridized carbons (Fsp3) is 0.381. The SMILES string of the molecule is O=S(=O)(c1ccc(OC(F)F)cc1)N1CCC2(CC1)CN(c1nc3ccc(Cl)cc3s1)C2. The summed E-state index contributed by atoms with van der Waals surface area (Å²) in [6, 6.07) is 10.8. The van der Waals surface area contributed by atoms with Crippen molar-refractivity contribution in [2.45, 2.75) is 24.3 Å². The van der Waals surface area contributed by atoms with Crippen molar-refractivity contribution >= 4 is 48.3 Å². The fourth-order valence-corrected chi connectivity index (χ4v) is 7.06. The first-order valence-corrected chi connectivity index (χ1v) is 12.7. The molecular weight excluding hydrogens is 480 g/mol. The molecular formula is C21H20ClF2N3O3S2. The van der Waals surface area contributed by atoms with Crippen LogP contribution in [0, 0.1) is 5.41 Å². The Morgan fingerprint density at radius 2 is 1.78 bits per heavy atom. The Labute approximate surface area is 193 Å². The van der Waals surface area contributed by atoms with Gasteiger partial charge in [0.05, 0.1) is 15.1 Å². The normalized spacial score (nSPS) is 18.9. The van der Waals surface area contributed by atoms with Gasteiger partial charge in [0.15, 0.2) is 5.13 Å². The number of nitrogens with zero attached hydrogens (tertiary/aromatic N) is 3. The van der Waals surface area contributed by atoms with E-state index in [0.717, 1.165) is 41.3 Å². The second kappa shape index (κ2) is 8.09. The molecule has 0 unspecified atom stereocenters. The van der Waals surface area contributed by atoms with Gasteiger partial charge in [-0.05, 0) is 55.3 Å². The third kappa shape index (κ3) is 4.05. The van der Waals surface area contributed by atoms with E-state index in [9.17, 15) is 17.2 Å². The van der Waals surface area contributed by atoms with E-state index in [-0.39, 0.29) is 16.1 Å².